The first-order valence-corrected chi connectivity index (χ1v) is 5.90. The Morgan fingerprint density at radius 2 is 2.38 bits per heavy atom. The van der Waals surface area contributed by atoms with Crippen LogP contribution in [0.2, 0.25) is 0 Å². The lowest BCUT2D eigenvalue weighted by atomic mass is 10.3. The molecule has 0 aromatic carbocycles. The molecule has 16 heavy (non-hydrogen) atoms. The van der Waals surface area contributed by atoms with Crippen molar-refractivity contribution in [2.45, 2.75) is 20.3 Å². The number of hydrogen-bond acceptors (Lipinski definition) is 4. The summed E-state index contributed by atoms with van der Waals surface area (Å²) < 4.78 is 0. The lowest BCUT2D eigenvalue weighted by Crippen LogP contribution is -2.27. The lowest BCUT2D eigenvalue weighted by Gasteiger charge is -2.20. The summed E-state index contributed by atoms with van der Waals surface area (Å²) in [7, 11) is 0. The van der Waals surface area contributed by atoms with Crippen molar-refractivity contribution >= 4 is 22.4 Å². The van der Waals surface area contributed by atoms with Crippen LogP contribution in [0.15, 0.2) is 17.5 Å². The van der Waals surface area contributed by atoms with Crippen LogP contribution in [0.4, 0.5) is 5.13 Å². The van der Waals surface area contributed by atoms with E-state index in [0.29, 0.717) is 13.1 Å². The molecule has 1 N–H and O–H groups in total. The molecule has 0 spiro atoms. The summed E-state index contributed by atoms with van der Waals surface area (Å²) >= 11 is 1.53. The average Bonchev–Trinajstić information content (AvgIpc) is 2.58. The average molecular weight is 240 g/mol. The molecule has 88 valence electrons. The number of thiazole rings is 1. The van der Waals surface area contributed by atoms with Gasteiger partial charge in [-0.2, -0.15) is 0 Å². The SMILES string of the molecule is C=C(C)CN(CCC(=O)O)c1nc(C)cs1. The van der Waals surface area contributed by atoms with Gasteiger partial charge >= 0.3 is 5.97 Å². The van der Waals surface area contributed by atoms with E-state index in [4.69, 9.17) is 5.11 Å². The standard InChI is InChI=1S/C11H16N2O2S/c1-8(2)6-13(5-4-10(14)15)11-12-9(3)7-16-11/h7H,1,4-6H2,2-3H3,(H,14,15). The molecule has 0 aliphatic rings. The van der Waals surface area contributed by atoms with Crippen LogP contribution in [0.3, 0.4) is 0 Å². The zero-order valence-electron chi connectivity index (χ0n) is 9.56. The van der Waals surface area contributed by atoms with Gasteiger partial charge in [0.15, 0.2) is 5.13 Å². The second-order valence-electron chi connectivity index (χ2n) is 3.79. The molecular formula is C11H16N2O2S. The van der Waals surface area contributed by atoms with Gasteiger partial charge in [-0.15, -0.1) is 11.3 Å². The molecule has 0 amide bonds. The van der Waals surface area contributed by atoms with Crippen molar-refractivity contribution in [2.75, 3.05) is 18.0 Å². The summed E-state index contributed by atoms with van der Waals surface area (Å²) in [6, 6.07) is 0. The van der Waals surface area contributed by atoms with E-state index in [1.807, 2.05) is 24.1 Å². The van der Waals surface area contributed by atoms with Crippen molar-refractivity contribution in [3.63, 3.8) is 0 Å². The van der Waals surface area contributed by atoms with Crippen molar-refractivity contribution in [1.29, 1.82) is 0 Å². The molecule has 4 nitrogen and oxygen atoms in total. The van der Waals surface area contributed by atoms with Gasteiger partial charge in [-0.1, -0.05) is 12.2 Å². The van der Waals surface area contributed by atoms with Crippen LogP contribution in [0.5, 0.6) is 0 Å². The molecule has 0 aliphatic heterocycles. The molecule has 0 aliphatic carbocycles. The Labute approximate surface area is 99.2 Å². The van der Waals surface area contributed by atoms with Crippen LogP contribution in [-0.4, -0.2) is 29.1 Å². The fourth-order valence-electron chi connectivity index (χ4n) is 1.29. The van der Waals surface area contributed by atoms with Crippen LogP contribution in [0.1, 0.15) is 19.0 Å². The fraction of sp³-hybridized carbons (Fsp3) is 0.455. The van der Waals surface area contributed by atoms with Crippen molar-refractivity contribution < 1.29 is 9.90 Å². The third kappa shape index (κ3) is 4.02. The molecule has 0 saturated heterocycles. The molecule has 0 radical (unpaired) electrons. The summed E-state index contributed by atoms with van der Waals surface area (Å²) in [6.45, 7) is 8.81. The highest BCUT2D eigenvalue weighted by Crippen LogP contribution is 2.21. The zero-order chi connectivity index (χ0) is 12.1. The maximum Gasteiger partial charge on any atom is 0.305 e. The lowest BCUT2D eigenvalue weighted by molar-refractivity contribution is -0.136. The molecule has 1 aromatic heterocycles. The first kappa shape index (κ1) is 12.7. The Morgan fingerprint density at radius 3 is 2.81 bits per heavy atom. The Morgan fingerprint density at radius 1 is 1.69 bits per heavy atom. The normalized spacial score (nSPS) is 10.1. The molecule has 0 saturated carbocycles. The van der Waals surface area contributed by atoms with Gasteiger partial charge in [-0.3, -0.25) is 4.79 Å². The smallest absolute Gasteiger partial charge is 0.305 e. The molecule has 1 heterocycles. The summed E-state index contributed by atoms with van der Waals surface area (Å²) in [5, 5.41) is 11.5. The number of aliphatic carboxylic acids is 1. The minimum atomic E-state index is -0.792. The number of carboxylic acids is 1. The summed E-state index contributed by atoms with van der Waals surface area (Å²) in [5.74, 6) is -0.792. The van der Waals surface area contributed by atoms with Gasteiger partial charge in [0.25, 0.3) is 0 Å². The predicted octanol–water partition coefficient (Wildman–Crippen LogP) is 2.31. The first-order valence-electron chi connectivity index (χ1n) is 5.02. The maximum atomic E-state index is 10.6. The van der Waals surface area contributed by atoms with E-state index in [9.17, 15) is 4.79 Å². The molecule has 0 atom stereocenters. The quantitative estimate of drug-likeness (QED) is 0.775. The number of carbonyl (C=O) groups is 1. The molecule has 0 fully saturated rings. The van der Waals surface area contributed by atoms with E-state index in [0.717, 1.165) is 16.4 Å². The first-order chi connectivity index (χ1) is 7.49. The van der Waals surface area contributed by atoms with E-state index in [1.54, 1.807) is 0 Å². The van der Waals surface area contributed by atoms with Gasteiger partial charge in [0, 0.05) is 18.5 Å². The van der Waals surface area contributed by atoms with Crippen molar-refractivity contribution in [2.24, 2.45) is 0 Å². The van der Waals surface area contributed by atoms with E-state index in [1.165, 1.54) is 11.3 Å². The van der Waals surface area contributed by atoms with Crippen LogP contribution < -0.4 is 4.90 Å². The number of aryl methyl sites for hydroxylation is 1. The second-order valence-corrected chi connectivity index (χ2v) is 4.63. The maximum absolute atomic E-state index is 10.6. The molecular weight excluding hydrogens is 224 g/mol. The molecule has 1 rings (SSSR count). The Hall–Kier alpha value is -1.36. The zero-order valence-corrected chi connectivity index (χ0v) is 10.4. The van der Waals surface area contributed by atoms with Crippen molar-refractivity contribution in [3.05, 3.63) is 23.2 Å². The minimum Gasteiger partial charge on any atom is -0.481 e. The van der Waals surface area contributed by atoms with Crippen molar-refractivity contribution in [3.8, 4) is 0 Å². The van der Waals surface area contributed by atoms with E-state index < -0.39 is 5.97 Å². The molecule has 0 bridgehead atoms. The van der Waals surface area contributed by atoms with E-state index in [-0.39, 0.29) is 6.42 Å². The highest BCUT2D eigenvalue weighted by atomic mass is 32.1. The summed E-state index contributed by atoms with van der Waals surface area (Å²) in [6.07, 6.45) is 0.117. The largest absolute Gasteiger partial charge is 0.481 e. The van der Waals surface area contributed by atoms with E-state index in [2.05, 4.69) is 11.6 Å². The second kappa shape index (κ2) is 5.65. The number of rotatable bonds is 6. The number of aromatic nitrogens is 1. The minimum absolute atomic E-state index is 0.117. The van der Waals surface area contributed by atoms with Crippen LogP contribution in [-0.2, 0) is 4.79 Å². The number of hydrogen-bond donors (Lipinski definition) is 1. The Bertz CT molecular complexity index is 387. The van der Waals surface area contributed by atoms with Gasteiger partial charge in [0.05, 0.1) is 12.1 Å². The van der Waals surface area contributed by atoms with Gasteiger partial charge in [-0.05, 0) is 13.8 Å². The number of anilines is 1. The van der Waals surface area contributed by atoms with Gasteiger partial charge in [0.2, 0.25) is 0 Å². The van der Waals surface area contributed by atoms with Crippen LogP contribution >= 0.6 is 11.3 Å². The monoisotopic (exact) mass is 240 g/mol. The fourth-order valence-corrected chi connectivity index (χ4v) is 2.12. The number of carboxylic acid groups (broad SMARTS) is 1. The van der Waals surface area contributed by atoms with Crippen molar-refractivity contribution in [1.82, 2.24) is 4.98 Å². The highest BCUT2D eigenvalue weighted by Gasteiger charge is 2.11. The molecule has 5 heteroatoms. The van der Waals surface area contributed by atoms with Crippen LogP contribution in [0, 0.1) is 6.92 Å². The van der Waals surface area contributed by atoms with Crippen LogP contribution in [0.25, 0.3) is 0 Å². The Kier molecular flexibility index (Phi) is 4.49. The Balaban J connectivity index is 2.70. The third-order valence-electron chi connectivity index (χ3n) is 1.93. The van der Waals surface area contributed by atoms with Gasteiger partial charge in [-0.25, -0.2) is 4.98 Å². The van der Waals surface area contributed by atoms with E-state index >= 15 is 0 Å². The predicted molar refractivity (Wildman–Crippen MR) is 66.1 cm³/mol. The molecule has 0 unspecified atom stereocenters. The summed E-state index contributed by atoms with van der Waals surface area (Å²) in [4.78, 5) is 16.9. The highest BCUT2D eigenvalue weighted by molar-refractivity contribution is 7.13. The van der Waals surface area contributed by atoms with Gasteiger partial charge < -0.3 is 10.0 Å². The third-order valence-corrected chi connectivity index (χ3v) is 2.95. The number of nitrogens with zero attached hydrogens (tertiary/aromatic N) is 2. The summed E-state index contributed by atoms with van der Waals surface area (Å²) in [5.41, 5.74) is 1.96. The van der Waals surface area contributed by atoms with Gasteiger partial charge in [0.1, 0.15) is 0 Å². The topological polar surface area (TPSA) is 53.4 Å². The molecule has 1 aromatic rings.